The molecule has 4 aromatic rings. The van der Waals surface area contributed by atoms with E-state index >= 15 is 0 Å². The number of rotatable bonds is 7. The van der Waals surface area contributed by atoms with Gasteiger partial charge in [0.2, 0.25) is 0 Å². The molecule has 0 amide bonds. The molecular weight excluding hydrogens is 462 g/mol. The summed E-state index contributed by atoms with van der Waals surface area (Å²) < 4.78 is 10.8. The molecule has 0 unspecified atom stereocenters. The maximum atomic E-state index is 12.6. The zero-order valence-corrected chi connectivity index (χ0v) is 18.7. The van der Waals surface area contributed by atoms with Gasteiger partial charge in [0.1, 0.15) is 11.5 Å². The van der Waals surface area contributed by atoms with Crippen molar-refractivity contribution in [2.75, 3.05) is 6.61 Å². The molecule has 36 heavy (non-hydrogen) atoms. The van der Waals surface area contributed by atoms with E-state index in [2.05, 4.69) is 0 Å². The molecule has 0 aromatic heterocycles. The van der Waals surface area contributed by atoms with Gasteiger partial charge in [-0.25, -0.2) is 4.79 Å². The minimum absolute atomic E-state index is 0.0453. The molecule has 0 heterocycles. The number of fused-ring (bicyclic) bond motifs is 3. The standard InChI is InChI=1S/C28H17NO7/c30-26(17-5-10-20(11-6-17)36-21-12-8-19(9-13-21)29(33)34)16-35-28(32)18-7-14-24-25(15-18)22-3-1-2-4-23(22)27(24)31/h1-15H,16H2. The van der Waals surface area contributed by atoms with Crippen molar-refractivity contribution in [3.63, 3.8) is 0 Å². The van der Waals surface area contributed by atoms with Crippen LogP contribution in [0.25, 0.3) is 11.1 Å². The number of ether oxygens (including phenoxy) is 2. The summed E-state index contributed by atoms with van der Waals surface area (Å²) in [6.45, 7) is -0.450. The highest BCUT2D eigenvalue weighted by molar-refractivity contribution is 6.22. The molecule has 0 saturated heterocycles. The van der Waals surface area contributed by atoms with E-state index in [-0.39, 0.29) is 17.0 Å². The Morgan fingerprint density at radius 3 is 1.97 bits per heavy atom. The summed E-state index contributed by atoms with van der Waals surface area (Å²) in [5.41, 5.74) is 3.08. The van der Waals surface area contributed by atoms with Crippen molar-refractivity contribution in [1.29, 1.82) is 0 Å². The molecule has 5 rings (SSSR count). The molecule has 176 valence electrons. The van der Waals surface area contributed by atoms with Gasteiger partial charge in [0, 0.05) is 28.8 Å². The first-order valence-electron chi connectivity index (χ1n) is 10.9. The molecule has 0 bridgehead atoms. The van der Waals surface area contributed by atoms with Crippen molar-refractivity contribution in [3.05, 3.63) is 123 Å². The first kappa shape index (κ1) is 22.7. The highest BCUT2D eigenvalue weighted by atomic mass is 16.6. The highest BCUT2D eigenvalue weighted by Gasteiger charge is 2.27. The van der Waals surface area contributed by atoms with E-state index in [1.54, 1.807) is 36.4 Å². The molecule has 0 fully saturated rings. The van der Waals surface area contributed by atoms with Crippen molar-refractivity contribution in [3.8, 4) is 22.6 Å². The van der Waals surface area contributed by atoms with Gasteiger partial charge in [0.25, 0.3) is 5.69 Å². The normalized spacial score (nSPS) is 11.4. The SMILES string of the molecule is O=C(COC(=O)c1ccc2c(c1)-c1ccccc1C2=O)c1ccc(Oc2ccc([N+](=O)[O-])cc2)cc1. The van der Waals surface area contributed by atoms with Crippen LogP contribution in [0, 0.1) is 10.1 Å². The van der Waals surface area contributed by atoms with Gasteiger partial charge in [-0.3, -0.25) is 19.7 Å². The van der Waals surface area contributed by atoms with Crippen LogP contribution in [-0.2, 0) is 4.74 Å². The number of carbonyl (C=O) groups excluding carboxylic acids is 3. The number of non-ortho nitro benzene ring substituents is 1. The summed E-state index contributed by atoms with van der Waals surface area (Å²) in [5, 5.41) is 10.7. The Morgan fingerprint density at radius 1 is 0.722 bits per heavy atom. The second kappa shape index (κ2) is 9.27. The van der Waals surface area contributed by atoms with E-state index < -0.39 is 23.3 Å². The zero-order valence-electron chi connectivity index (χ0n) is 18.7. The van der Waals surface area contributed by atoms with E-state index in [0.29, 0.717) is 33.8 Å². The number of Topliss-reactive ketones (excluding diaryl/α,β-unsaturated/α-hetero) is 1. The Kier molecular flexibility index (Phi) is 5.83. The average molecular weight is 479 g/mol. The molecule has 0 radical (unpaired) electrons. The molecule has 0 atom stereocenters. The summed E-state index contributed by atoms with van der Waals surface area (Å²) in [4.78, 5) is 47.8. The summed E-state index contributed by atoms with van der Waals surface area (Å²) in [6.07, 6.45) is 0. The fraction of sp³-hybridized carbons (Fsp3) is 0.0357. The van der Waals surface area contributed by atoms with Crippen molar-refractivity contribution in [2.45, 2.75) is 0 Å². The van der Waals surface area contributed by atoms with E-state index in [9.17, 15) is 24.5 Å². The van der Waals surface area contributed by atoms with Crippen LogP contribution in [-0.4, -0.2) is 29.1 Å². The minimum atomic E-state index is -0.666. The van der Waals surface area contributed by atoms with Gasteiger partial charge < -0.3 is 9.47 Å². The Morgan fingerprint density at radius 2 is 1.31 bits per heavy atom. The van der Waals surface area contributed by atoms with Gasteiger partial charge in [-0.1, -0.05) is 24.3 Å². The molecule has 8 heteroatoms. The number of nitro benzene ring substituents is 1. The van der Waals surface area contributed by atoms with Crippen LogP contribution in [0.1, 0.15) is 36.6 Å². The Balaban J connectivity index is 1.21. The molecule has 1 aliphatic rings. The number of hydrogen-bond acceptors (Lipinski definition) is 7. The smallest absolute Gasteiger partial charge is 0.338 e. The maximum absolute atomic E-state index is 12.6. The zero-order chi connectivity index (χ0) is 25.2. The van der Waals surface area contributed by atoms with Gasteiger partial charge >= 0.3 is 5.97 Å². The summed E-state index contributed by atoms with van der Waals surface area (Å²) in [6, 6.07) is 23.7. The predicted molar refractivity (Wildman–Crippen MR) is 130 cm³/mol. The van der Waals surface area contributed by atoms with Crippen LogP contribution >= 0.6 is 0 Å². The molecular formula is C28H17NO7. The summed E-state index contributed by atoms with van der Waals surface area (Å²) >= 11 is 0. The largest absolute Gasteiger partial charge is 0.457 e. The fourth-order valence-corrected chi connectivity index (χ4v) is 3.93. The van der Waals surface area contributed by atoms with Crippen LogP contribution in [0.3, 0.4) is 0 Å². The van der Waals surface area contributed by atoms with E-state index in [4.69, 9.17) is 9.47 Å². The Hall–Kier alpha value is -5.11. The lowest BCUT2D eigenvalue weighted by Crippen LogP contribution is -2.14. The number of nitro groups is 1. The van der Waals surface area contributed by atoms with Crippen LogP contribution < -0.4 is 4.74 Å². The number of esters is 1. The summed E-state index contributed by atoms with van der Waals surface area (Å²) in [7, 11) is 0. The lowest BCUT2D eigenvalue weighted by Gasteiger charge is -2.08. The van der Waals surface area contributed by atoms with Crippen molar-refractivity contribution in [2.24, 2.45) is 0 Å². The van der Waals surface area contributed by atoms with E-state index in [0.717, 1.165) is 5.56 Å². The van der Waals surface area contributed by atoms with Gasteiger partial charge in [-0.2, -0.15) is 0 Å². The van der Waals surface area contributed by atoms with Gasteiger partial charge in [-0.15, -0.1) is 0 Å². The average Bonchev–Trinajstić information content (AvgIpc) is 3.19. The van der Waals surface area contributed by atoms with Crippen molar-refractivity contribution >= 4 is 23.2 Å². The molecule has 1 aliphatic carbocycles. The number of carbonyl (C=O) groups is 3. The molecule has 0 saturated carbocycles. The lowest BCUT2D eigenvalue weighted by molar-refractivity contribution is -0.384. The molecule has 8 nitrogen and oxygen atoms in total. The Labute approximate surface area is 204 Å². The predicted octanol–water partition coefficient (Wildman–Crippen LogP) is 5.64. The van der Waals surface area contributed by atoms with Crippen LogP contribution in [0.5, 0.6) is 11.5 Å². The third kappa shape index (κ3) is 4.35. The van der Waals surface area contributed by atoms with Gasteiger partial charge in [-0.05, 0) is 65.7 Å². The van der Waals surface area contributed by atoms with Crippen molar-refractivity contribution < 1.29 is 28.8 Å². The molecule has 0 N–H and O–H groups in total. The number of ketones is 2. The second-order valence-corrected chi connectivity index (χ2v) is 8.01. The fourth-order valence-electron chi connectivity index (χ4n) is 3.93. The summed E-state index contributed by atoms with van der Waals surface area (Å²) in [5.74, 6) is -0.303. The molecule has 0 aliphatic heterocycles. The number of hydrogen-bond donors (Lipinski definition) is 0. The first-order chi connectivity index (χ1) is 17.4. The number of benzene rings is 4. The quantitative estimate of drug-likeness (QED) is 0.128. The molecule has 0 spiro atoms. The van der Waals surface area contributed by atoms with Crippen LogP contribution in [0.2, 0.25) is 0 Å². The monoisotopic (exact) mass is 479 g/mol. The lowest BCUT2D eigenvalue weighted by atomic mass is 10.0. The third-order valence-electron chi connectivity index (χ3n) is 5.76. The van der Waals surface area contributed by atoms with Crippen molar-refractivity contribution in [1.82, 2.24) is 0 Å². The van der Waals surface area contributed by atoms with E-state index in [1.807, 2.05) is 12.1 Å². The van der Waals surface area contributed by atoms with Gasteiger partial charge in [0.05, 0.1) is 10.5 Å². The first-order valence-corrected chi connectivity index (χ1v) is 10.9. The second-order valence-electron chi connectivity index (χ2n) is 8.01. The minimum Gasteiger partial charge on any atom is -0.457 e. The Bertz CT molecular complexity index is 1520. The molecule has 4 aromatic carbocycles. The van der Waals surface area contributed by atoms with Crippen LogP contribution in [0.4, 0.5) is 5.69 Å². The van der Waals surface area contributed by atoms with Gasteiger partial charge in [0.15, 0.2) is 18.2 Å². The highest BCUT2D eigenvalue weighted by Crippen LogP contribution is 2.37. The topological polar surface area (TPSA) is 113 Å². The maximum Gasteiger partial charge on any atom is 0.338 e. The van der Waals surface area contributed by atoms with Crippen LogP contribution in [0.15, 0.2) is 91.0 Å². The third-order valence-corrected chi connectivity index (χ3v) is 5.76. The van der Waals surface area contributed by atoms with E-state index in [1.165, 1.54) is 42.5 Å². The number of nitrogens with zero attached hydrogens (tertiary/aromatic N) is 1.